The molecule has 1 aliphatic rings. The van der Waals surface area contributed by atoms with Crippen LogP contribution < -0.4 is 0 Å². The highest BCUT2D eigenvalue weighted by Gasteiger charge is 2.31. The molecule has 2 rings (SSSR count). The maximum atomic E-state index is 13.2. The van der Waals surface area contributed by atoms with Gasteiger partial charge < -0.3 is 5.11 Å². The molecule has 1 heterocycles. The first kappa shape index (κ1) is 12.0. The van der Waals surface area contributed by atoms with Crippen LogP contribution in [0.2, 0.25) is 0 Å². The molecule has 0 unspecified atom stereocenters. The van der Waals surface area contributed by atoms with Gasteiger partial charge >= 0.3 is 5.97 Å². The minimum absolute atomic E-state index is 0.0194. The van der Waals surface area contributed by atoms with E-state index in [1.807, 2.05) is 11.0 Å². The molecule has 92 valence electrons. The van der Waals surface area contributed by atoms with Gasteiger partial charge in [-0.1, -0.05) is 19.1 Å². The van der Waals surface area contributed by atoms with Gasteiger partial charge in [-0.15, -0.1) is 0 Å². The summed E-state index contributed by atoms with van der Waals surface area (Å²) in [6.45, 7) is 2.87. The van der Waals surface area contributed by atoms with Gasteiger partial charge in [-0.05, 0) is 30.0 Å². The first-order chi connectivity index (χ1) is 8.06. The largest absolute Gasteiger partial charge is 0.480 e. The summed E-state index contributed by atoms with van der Waals surface area (Å²) in [6, 6.07) is 6.46. The van der Waals surface area contributed by atoms with Crippen molar-refractivity contribution in [2.24, 2.45) is 5.92 Å². The van der Waals surface area contributed by atoms with Crippen LogP contribution in [0.1, 0.15) is 24.9 Å². The van der Waals surface area contributed by atoms with Crippen molar-refractivity contribution < 1.29 is 14.3 Å². The standard InChI is InChI=1S/C13H16FNO2/c1-9-5-12(15(7-9)8-13(16)17)10-3-2-4-11(14)6-10/h2-4,6,9,12H,5,7-8H2,1H3,(H,16,17)/t9-,12-/m0/s1. The molecular weight excluding hydrogens is 221 g/mol. The summed E-state index contributed by atoms with van der Waals surface area (Å²) in [5.74, 6) is -0.652. The van der Waals surface area contributed by atoms with E-state index in [0.717, 1.165) is 18.5 Å². The van der Waals surface area contributed by atoms with Crippen LogP contribution in [-0.2, 0) is 4.79 Å². The molecule has 0 amide bonds. The fraction of sp³-hybridized carbons (Fsp3) is 0.462. The molecule has 4 heteroatoms. The SMILES string of the molecule is C[C@H]1C[C@@H](c2cccc(F)c2)N(CC(=O)O)C1. The molecule has 0 aromatic heterocycles. The lowest BCUT2D eigenvalue weighted by molar-refractivity contribution is -0.138. The fourth-order valence-electron chi connectivity index (χ4n) is 2.54. The van der Waals surface area contributed by atoms with Crippen LogP contribution in [0.25, 0.3) is 0 Å². The summed E-state index contributed by atoms with van der Waals surface area (Å²) >= 11 is 0. The number of carboxylic acid groups (broad SMARTS) is 1. The zero-order chi connectivity index (χ0) is 12.4. The van der Waals surface area contributed by atoms with E-state index in [2.05, 4.69) is 6.92 Å². The molecule has 1 aromatic rings. The minimum atomic E-state index is -0.833. The Balaban J connectivity index is 2.20. The number of hydrogen-bond acceptors (Lipinski definition) is 2. The summed E-state index contributed by atoms with van der Waals surface area (Å²) < 4.78 is 13.2. The minimum Gasteiger partial charge on any atom is -0.480 e. The predicted octanol–water partition coefficient (Wildman–Crippen LogP) is 2.29. The number of halogens is 1. The number of hydrogen-bond donors (Lipinski definition) is 1. The van der Waals surface area contributed by atoms with E-state index in [1.165, 1.54) is 12.1 Å². The zero-order valence-electron chi connectivity index (χ0n) is 9.77. The van der Waals surface area contributed by atoms with Crippen molar-refractivity contribution in [3.05, 3.63) is 35.6 Å². The Morgan fingerprint density at radius 3 is 3.00 bits per heavy atom. The number of carbonyl (C=O) groups is 1. The third kappa shape index (κ3) is 2.82. The van der Waals surface area contributed by atoms with Crippen molar-refractivity contribution in [2.75, 3.05) is 13.1 Å². The Hall–Kier alpha value is -1.42. The Labute approximate surface area is 99.9 Å². The van der Waals surface area contributed by atoms with Gasteiger partial charge in [0.05, 0.1) is 6.54 Å². The number of benzene rings is 1. The van der Waals surface area contributed by atoms with Gasteiger partial charge in [0, 0.05) is 12.6 Å². The molecule has 1 N–H and O–H groups in total. The van der Waals surface area contributed by atoms with E-state index in [4.69, 9.17) is 5.11 Å². The maximum Gasteiger partial charge on any atom is 0.317 e. The van der Waals surface area contributed by atoms with E-state index in [9.17, 15) is 9.18 Å². The summed E-state index contributed by atoms with van der Waals surface area (Å²) in [6.07, 6.45) is 0.886. The summed E-state index contributed by atoms with van der Waals surface area (Å²) in [5.41, 5.74) is 0.871. The number of aliphatic carboxylic acids is 1. The molecule has 0 bridgehead atoms. The van der Waals surface area contributed by atoms with Gasteiger partial charge in [-0.2, -0.15) is 0 Å². The van der Waals surface area contributed by atoms with E-state index in [1.54, 1.807) is 6.07 Å². The number of nitrogens with zero attached hydrogens (tertiary/aromatic N) is 1. The van der Waals surface area contributed by atoms with Crippen molar-refractivity contribution in [2.45, 2.75) is 19.4 Å². The molecule has 0 aliphatic carbocycles. The van der Waals surface area contributed by atoms with Crippen LogP contribution in [0.3, 0.4) is 0 Å². The molecule has 1 saturated heterocycles. The maximum absolute atomic E-state index is 13.2. The summed E-state index contributed by atoms with van der Waals surface area (Å²) in [7, 11) is 0. The zero-order valence-corrected chi connectivity index (χ0v) is 9.77. The highest BCUT2D eigenvalue weighted by atomic mass is 19.1. The third-order valence-electron chi connectivity index (χ3n) is 3.18. The van der Waals surface area contributed by atoms with Crippen LogP contribution in [0.5, 0.6) is 0 Å². The number of likely N-dealkylation sites (tertiary alicyclic amines) is 1. The second-order valence-corrected chi connectivity index (χ2v) is 4.73. The number of rotatable bonds is 3. The Bertz CT molecular complexity index is 422. The first-order valence-corrected chi connectivity index (χ1v) is 5.77. The third-order valence-corrected chi connectivity index (χ3v) is 3.18. The van der Waals surface area contributed by atoms with Gasteiger partial charge in [0.25, 0.3) is 0 Å². The summed E-state index contributed by atoms with van der Waals surface area (Å²) in [4.78, 5) is 12.7. The fourth-order valence-corrected chi connectivity index (χ4v) is 2.54. The molecule has 0 spiro atoms. The molecule has 2 atom stereocenters. The second-order valence-electron chi connectivity index (χ2n) is 4.73. The van der Waals surface area contributed by atoms with Gasteiger partial charge in [0.15, 0.2) is 0 Å². The monoisotopic (exact) mass is 237 g/mol. The quantitative estimate of drug-likeness (QED) is 0.876. The van der Waals surface area contributed by atoms with Crippen molar-refractivity contribution in [3.63, 3.8) is 0 Å². The summed E-state index contributed by atoms with van der Waals surface area (Å²) in [5, 5.41) is 8.86. The van der Waals surface area contributed by atoms with Crippen molar-refractivity contribution >= 4 is 5.97 Å². The van der Waals surface area contributed by atoms with Gasteiger partial charge in [-0.3, -0.25) is 9.69 Å². The van der Waals surface area contributed by atoms with E-state index >= 15 is 0 Å². The van der Waals surface area contributed by atoms with Crippen LogP contribution in [0, 0.1) is 11.7 Å². The topological polar surface area (TPSA) is 40.5 Å². The molecule has 1 aromatic carbocycles. The van der Waals surface area contributed by atoms with Crippen molar-refractivity contribution in [3.8, 4) is 0 Å². The molecule has 17 heavy (non-hydrogen) atoms. The highest BCUT2D eigenvalue weighted by Crippen LogP contribution is 2.34. The molecule has 3 nitrogen and oxygen atoms in total. The molecule has 0 saturated carbocycles. The van der Waals surface area contributed by atoms with Crippen LogP contribution in [0.4, 0.5) is 4.39 Å². The average Bonchev–Trinajstić information content (AvgIpc) is 2.58. The molecular formula is C13H16FNO2. The van der Waals surface area contributed by atoms with Gasteiger partial charge in [-0.25, -0.2) is 4.39 Å². The molecule has 1 aliphatic heterocycles. The first-order valence-electron chi connectivity index (χ1n) is 5.77. The lowest BCUT2D eigenvalue weighted by Gasteiger charge is -2.22. The van der Waals surface area contributed by atoms with Crippen LogP contribution in [-0.4, -0.2) is 29.1 Å². The van der Waals surface area contributed by atoms with Crippen LogP contribution >= 0.6 is 0 Å². The predicted molar refractivity (Wildman–Crippen MR) is 62.1 cm³/mol. The van der Waals surface area contributed by atoms with E-state index < -0.39 is 5.97 Å². The smallest absolute Gasteiger partial charge is 0.317 e. The lowest BCUT2D eigenvalue weighted by atomic mass is 10.0. The van der Waals surface area contributed by atoms with Gasteiger partial charge in [0.1, 0.15) is 5.82 Å². The van der Waals surface area contributed by atoms with Crippen molar-refractivity contribution in [1.29, 1.82) is 0 Å². The second kappa shape index (κ2) is 4.84. The molecule has 0 radical (unpaired) electrons. The normalized spacial score (nSPS) is 25.1. The van der Waals surface area contributed by atoms with Gasteiger partial charge in [0.2, 0.25) is 0 Å². The van der Waals surface area contributed by atoms with E-state index in [0.29, 0.717) is 5.92 Å². The average molecular weight is 237 g/mol. The van der Waals surface area contributed by atoms with Crippen molar-refractivity contribution in [1.82, 2.24) is 4.90 Å². The highest BCUT2D eigenvalue weighted by molar-refractivity contribution is 5.69. The van der Waals surface area contributed by atoms with E-state index in [-0.39, 0.29) is 18.4 Å². The lowest BCUT2D eigenvalue weighted by Crippen LogP contribution is -2.29. The Morgan fingerprint density at radius 1 is 1.59 bits per heavy atom. The Kier molecular flexibility index (Phi) is 3.43. The number of carboxylic acids is 1. The molecule has 1 fully saturated rings. The Morgan fingerprint density at radius 2 is 2.35 bits per heavy atom. The van der Waals surface area contributed by atoms with Crippen LogP contribution in [0.15, 0.2) is 24.3 Å².